The molecule has 1 atom stereocenters. The lowest BCUT2D eigenvalue weighted by Crippen LogP contribution is -2.41. The van der Waals surface area contributed by atoms with Crippen molar-refractivity contribution >= 4 is 12.0 Å². The third kappa shape index (κ3) is 4.50. The van der Waals surface area contributed by atoms with Crippen molar-refractivity contribution in [3.05, 3.63) is 89.8 Å². The van der Waals surface area contributed by atoms with Crippen LogP contribution in [0.4, 0.5) is 0 Å². The first-order chi connectivity index (χ1) is 15.1. The summed E-state index contributed by atoms with van der Waals surface area (Å²) < 4.78 is 13.5. The zero-order chi connectivity index (χ0) is 21.8. The minimum Gasteiger partial charge on any atom is -0.493 e. The molecule has 0 saturated heterocycles. The lowest BCUT2D eigenvalue weighted by Gasteiger charge is -2.36. The summed E-state index contributed by atoms with van der Waals surface area (Å²) in [5.41, 5.74) is 3.13. The highest BCUT2D eigenvalue weighted by Crippen LogP contribution is 2.33. The molecule has 1 aromatic heterocycles. The molecular formula is C26H28N2O3. The number of amides is 1. The Bertz CT molecular complexity index is 1070. The van der Waals surface area contributed by atoms with Gasteiger partial charge in [-0.15, -0.1) is 0 Å². The van der Waals surface area contributed by atoms with Crippen LogP contribution in [0.3, 0.4) is 0 Å². The van der Waals surface area contributed by atoms with Crippen molar-refractivity contribution in [2.24, 2.45) is 0 Å². The molecule has 0 aliphatic carbocycles. The predicted octanol–water partition coefficient (Wildman–Crippen LogP) is 4.93. The topological polar surface area (TPSA) is 43.7 Å². The SMILES string of the molecule is COc1cc(/C=C/C(=O)N2CCn3cccc3C2c2ccccc2)ccc1OC(C)C. The summed E-state index contributed by atoms with van der Waals surface area (Å²) >= 11 is 0. The molecule has 2 heterocycles. The molecule has 31 heavy (non-hydrogen) atoms. The number of carbonyl (C=O) groups is 1. The van der Waals surface area contributed by atoms with E-state index in [1.807, 2.05) is 67.3 Å². The van der Waals surface area contributed by atoms with E-state index in [-0.39, 0.29) is 18.1 Å². The molecule has 2 aromatic carbocycles. The van der Waals surface area contributed by atoms with Crippen molar-refractivity contribution in [2.75, 3.05) is 13.7 Å². The van der Waals surface area contributed by atoms with Crippen LogP contribution in [-0.2, 0) is 11.3 Å². The smallest absolute Gasteiger partial charge is 0.247 e. The maximum Gasteiger partial charge on any atom is 0.247 e. The minimum atomic E-state index is -0.0987. The first kappa shape index (κ1) is 20.8. The van der Waals surface area contributed by atoms with E-state index in [0.29, 0.717) is 18.0 Å². The Hall–Kier alpha value is -3.47. The maximum absolute atomic E-state index is 13.2. The van der Waals surface area contributed by atoms with Crippen molar-refractivity contribution in [3.8, 4) is 11.5 Å². The maximum atomic E-state index is 13.2. The molecule has 0 fully saturated rings. The molecule has 5 heteroatoms. The molecule has 3 aromatic rings. The van der Waals surface area contributed by atoms with Gasteiger partial charge in [-0.3, -0.25) is 4.79 Å². The summed E-state index contributed by atoms with van der Waals surface area (Å²) in [6.07, 6.45) is 5.62. The standard InChI is InChI=1S/C26H28N2O3/c1-19(2)31-23-13-11-20(18-24(23)30-3)12-14-25(29)28-17-16-27-15-7-10-22(27)26(28)21-8-5-4-6-9-21/h4-15,18-19,26H,16-17H2,1-3H3/b14-12+. The van der Waals surface area contributed by atoms with E-state index >= 15 is 0 Å². The van der Waals surface area contributed by atoms with Gasteiger partial charge in [-0.1, -0.05) is 36.4 Å². The number of rotatable bonds is 6. The van der Waals surface area contributed by atoms with Crippen molar-refractivity contribution in [2.45, 2.75) is 32.5 Å². The van der Waals surface area contributed by atoms with Crippen molar-refractivity contribution < 1.29 is 14.3 Å². The highest BCUT2D eigenvalue weighted by atomic mass is 16.5. The quantitative estimate of drug-likeness (QED) is 0.535. The van der Waals surface area contributed by atoms with Crippen LogP contribution in [0.5, 0.6) is 11.5 Å². The van der Waals surface area contributed by atoms with Crippen LogP contribution in [0.15, 0.2) is 72.9 Å². The number of nitrogens with zero attached hydrogens (tertiary/aromatic N) is 2. The molecule has 0 bridgehead atoms. The second-order valence-corrected chi connectivity index (χ2v) is 7.88. The summed E-state index contributed by atoms with van der Waals surface area (Å²) in [5.74, 6) is 1.34. The molecule has 160 valence electrons. The highest BCUT2D eigenvalue weighted by Gasteiger charge is 2.30. The predicted molar refractivity (Wildman–Crippen MR) is 122 cm³/mol. The van der Waals surface area contributed by atoms with Crippen LogP contribution >= 0.6 is 0 Å². The Morgan fingerprint density at radius 3 is 2.58 bits per heavy atom. The number of carbonyl (C=O) groups excluding carboxylic acids is 1. The Morgan fingerprint density at radius 2 is 1.84 bits per heavy atom. The molecule has 1 amide bonds. The number of hydrogen-bond acceptors (Lipinski definition) is 3. The second kappa shape index (κ2) is 9.13. The average Bonchev–Trinajstić information content (AvgIpc) is 3.26. The van der Waals surface area contributed by atoms with Gasteiger partial charge in [-0.05, 0) is 55.3 Å². The first-order valence-electron chi connectivity index (χ1n) is 10.6. The van der Waals surface area contributed by atoms with E-state index in [1.165, 1.54) is 0 Å². The van der Waals surface area contributed by atoms with E-state index in [0.717, 1.165) is 23.4 Å². The first-order valence-corrected chi connectivity index (χ1v) is 10.6. The van der Waals surface area contributed by atoms with Crippen LogP contribution in [0.2, 0.25) is 0 Å². The van der Waals surface area contributed by atoms with Gasteiger partial charge in [0, 0.05) is 31.1 Å². The van der Waals surface area contributed by atoms with Crippen molar-refractivity contribution in [3.63, 3.8) is 0 Å². The number of benzene rings is 2. The molecule has 4 rings (SSSR count). The van der Waals surface area contributed by atoms with Gasteiger partial charge in [0.15, 0.2) is 11.5 Å². The van der Waals surface area contributed by atoms with Crippen LogP contribution in [0.25, 0.3) is 6.08 Å². The minimum absolute atomic E-state index is 0.0113. The van der Waals surface area contributed by atoms with Gasteiger partial charge in [0.05, 0.1) is 19.3 Å². The monoisotopic (exact) mass is 416 g/mol. The molecule has 1 unspecified atom stereocenters. The van der Waals surface area contributed by atoms with E-state index in [2.05, 4.69) is 29.0 Å². The van der Waals surface area contributed by atoms with E-state index in [1.54, 1.807) is 13.2 Å². The largest absolute Gasteiger partial charge is 0.493 e. The van der Waals surface area contributed by atoms with Crippen molar-refractivity contribution in [1.82, 2.24) is 9.47 Å². The molecular weight excluding hydrogens is 388 g/mol. The van der Waals surface area contributed by atoms with Crippen LogP contribution in [0.1, 0.15) is 36.7 Å². The molecule has 1 aliphatic heterocycles. The molecule has 0 saturated carbocycles. The number of fused-ring (bicyclic) bond motifs is 1. The Morgan fingerprint density at radius 1 is 1.03 bits per heavy atom. The summed E-state index contributed by atoms with van der Waals surface area (Å²) in [5, 5.41) is 0. The molecule has 5 nitrogen and oxygen atoms in total. The van der Waals surface area contributed by atoms with Gasteiger partial charge in [-0.2, -0.15) is 0 Å². The fraction of sp³-hybridized carbons (Fsp3) is 0.269. The van der Waals surface area contributed by atoms with Crippen LogP contribution in [-0.4, -0.2) is 35.1 Å². The van der Waals surface area contributed by atoms with Gasteiger partial charge in [0.25, 0.3) is 0 Å². The summed E-state index contributed by atoms with van der Waals surface area (Å²) in [4.78, 5) is 15.2. The van der Waals surface area contributed by atoms with Gasteiger partial charge >= 0.3 is 0 Å². The Balaban J connectivity index is 1.58. The molecule has 0 spiro atoms. The van der Waals surface area contributed by atoms with Crippen LogP contribution < -0.4 is 9.47 Å². The highest BCUT2D eigenvalue weighted by molar-refractivity contribution is 5.92. The van der Waals surface area contributed by atoms with E-state index < -0.39 is 0 Å². The fourth-order valence-electron chi connectivity index (χ4n) is 4.01. The fourth-order valence-corrected chi connectivity index (χ4v) is 4.01. The number of aromatic nitrogens is 1. The molecule has 0 N–H and O–H groups in total. The summed E-state index contributed by atoms with van der Waals surface area (Å²) in [7, 11) is 1.62. The van der Waals surface area contributed by atoms with Gasteiger partial charge in [0.2, 0.25) is 5.91 Å². The van der Waals surface area contributed by atoms with E-state index in [9.17, 15) is 4.79 Å². The normalized spacial score (nSPS) is 15.9. The molecule has 0 radical (unpaired) electrons. The summed E-state index contributed by atoms with van der Waals surface area (Å²) in [6.45, 7) is 5.41. The zero-order valence-electron chi connectivity index (χ0n) is 18.2. The third-order valence-electron chi connectivity index (χ3n) is 5.41. The second-order valence-electron chi connectivity index (χ2n) is 7.88. The van der Waals surface area contributed by atoms with Gasteiger partial charge in [-0.25, -0.2) is 0 Å². The Kier molecular flexibility index (Phi) is 6.12. The third-order valence-corrected chi connectivity index (χ3v) is 5.41. The average molecular weight is 417 g/mol. The Labute approximate surface area is 183 Å². The number of hydrogen-bond donors (Lipinski definition) is 0. The van der Waals surface area contributed by atoms with Crippen LogP contribution in [0, 0.1) is 0 Å². The van der Waals surface area contributed by atoms with Crippen molar-refractivity contribution in [1.29, 1.82) is 0 Å². The molecule has 1 aliphatic rings. The zero-order valence-corrected chi connectivity index (χ0v) is 18.2. The summed E-state index contributed by atoms with van der Waals surface area (Å²) in [6, 6.07) is 19.9. The van der Waals surface area contributed by atoms with Gasteiger partial charge in [0.1, 0.15) is 0 Å². The number of methoxy groups -OCH3 is 1. The lowest BCUT2D eigenvalue weighted by atomic mass is 10.00. The number of ether oxygens (including phenoxy) is 2. The van der Waals surface area contributed by atoms with E-state index in [4.69, 9.17) is 9.47 Å². The lowest BCUT2D eigenvalue weighted by molar-refractivity contribution is -0.128. The van der Waals surface area contributed by atoms with Gasteiger partial charge < -0.3 is 18.9 Å².